The van der Waals surface area contributed by atoms with E-state index in [9.17, 15) is 9.59 Å². The van der Waals surface area contributed by atoms with E-state index >= 15 is 0 Å². The fourth-order valence-corrected chi connectivity index (χ4v) is 2.73. The molecule has 5 heteroatoms. The molecule has 20 heavy (non-hydrogen) atoms. The topological polar surface area (TPSA) is 67.4 Å². The normalized spacial score (nSPS) is 24.1. The molecule has 0 heterocycles. The molecule has 2 N–H and O–H groups in total. The Bertz CT molecular complexity index is 331. The third-order valence-electron chi connectivity index (χ3n) is 3.93. The average molecular weight is 284 g/mol. The molecule has 1 saturated carbocycles. The van der Waals surface area contributed by atoms with E-state index in [1.165, 1.54) is 13.5 Å². The van der Waals surface area contributed by atoms with Gasteiger partial charge in [-0.05, 0) is 31.1 Å². The number of nitrogens with one attached hydrogen (secondary N) is 2. The van der Waals surface area contributed by atoms with Gasteiger partial charge in [-0.15, -0.1) is 0 Å². The molecule has 116 valence electrons. The van der Waals surface area contributed by atoms with Gasteiger partial charge in [0.1, 0.15) is 6.04 Å². The molecule has 0 bridgehead atoms. The molecule has 0 radical (unpaired) electrons. The van der Waals surface area contributed by atoms with E-state index < -0.39 is 6.04 Å². The minimum Gasteiger partial charge on any atom is -0.467 e. The van der Waals surface area contributed by atoms with Gasteiger partial charge in [-0.25, -0.2) is 9.59 Å². The number of urea groups is 1. The molecule has 0 aliphatic heterocycles. The number of hydrogen-bond donors (Lipinski definition) is 2. The van der Waals surface area contributed by atoms with Gasteiger partial charge in [0.05, 0.1) is 7.11 Å². The van der Waals surface area contributed by atoms with Crippen molar-refractivity contribution in [3.63, 3.8) is 0 Å². The maximum atomic E-state index is 12.0. The average Bonchev–Trinajstić information content (AvgIpc) is 2.39. The Labute approximate surface area is 121 Å². The Morgan fingerprint density at radius 3 is 2.45 bits per heavy atom. The van der Waals surface area contributed by atoms with Crippen LogP contribution in [0.15, 0.2) is 0 Å². The minimum atomic E-state index is -0.570. The first kappa shape index (κ1) is 16.8. The Morgan fingerprint density at radius 2 is 1.90 bits per heavy atom. The number of ether oxygens (including phenoxy) is 1. The summed E-state index contributed by atoms with van der Waals surface area (Å²) in [7, 11) is 1.35. The van der Waals surface area contributed by atoms with Crippen LogP contribution >= 0.6 is 0 Å². The summed E-state index contributed by atoms with van der Waals surface area (Å²) in [6.07, 6.45) is 5.14. The summed E-state index contributed by atoms with van der Waals surface area (Å²) < 4.78 is 4.74. The second kappa shape index (κ2) is 8.12. The molecule has 1 rings (SSSR count). The summed E-state index contributed by atoms with van der Waals surface area (Å²) in [6, 6.07) is -0.625. The third kappa shape index (κ3) is 5.39. The maximum Gasteiger partial charge on any atom is 0.328 e. The van der Waals surface area contributed by atoms with Crippen molar-refractivity contribution in [2.75, 3.05) is 7.11 Å². The number of carbonyl (C=O) groups is 2. The molecule has 3 atom stereocenters. The Morgan fingerprint density at radius 1 is 1.25 bits per heavy atom. The van der Waals surface area contributed by atoms with E-state index in [2.05, 4.69) is 17.6 Å². The fraction of sp³-hybridized carbons (Fsp3) is 0.867. The predicted molar refractivity (Wildman–Crippen MR) is 78.3 cm³/mol. The lowest BCUT2D eigenvalue weighted by Crippen LogP contribution is -2.51. The molecule has 0 aromatic rings. The highest BCUT2D eigenvalue weighted by molar-refractivity contribution is 5.83. The number of esters is 1. The smallest absolute Gasteiger partial charge is 0.328 e. The second-order valence-electron chi connectivity index (χ2n) is 6.19. The first-order valence-corrected chi connectivity index (χ1v) is 7.59. The van der Waals surface area contributed by atoms with Crippen LogP contribution < -0.4 is 10.6 Å². The van der Waals surface area contributed by atoms with Gasteiger partial charge < -0.3 is 15.4 Å². The molecular formula is C15H28N2O3. The van der Waals surface area contributed by atoms with Crippen LogP contribution in [-0.4, -0.2) is 31.2 Å². The summed E-state index contributed by atoms with van der Waals surface area (Å²) in [5.41, 5.74) is 0. The zero-order valence-corrected chi connectivity index (χ0v) is 13.1. The molecule has 0 spiro atoms. The Kier molecular flexibility index (Phi) is 6.82. The Hall–Kier alpha value is -1.26. The van der Waals surface area contributed by atoms with Gasteiger partial charge in [0.25, 0.3) is 0 Å². The SMILES string of the molecule is COC(=O)[C@H](CC(C)C)NC(=O)N[C@H]1CCCC[C@@H]1C. The summed E-state index contributed by atoms with van der Waals surface area (Å²) >= 11 is 0. The van der Waals surface area contributed by atoms with Crippen molar-refractivity contribution in [3.8, 4) is 0 Å². The van der Waals surface area contributed by atoms with Crippen molar-refractivity contribution >= 4 is 12.0 Å². The van der Waals surface area contributed by atoms with Crippen LogP contribution in [0.5, 0.6) is 0 Å². The lowest BCUT2D eigenvalue weighted by atomic mass is 9.86. The molecular weight excluding hydrogens is 256 g/mol. The van der Waals surface area contributed by atoms with E-state index in [4.69, 9.17) is 4.74 Å². The molecule has 0 unspecified atom stereocenters. The van der Waals surface area contributed by atoms with Gasteiger partial charge in [0.15, 0.2) is 0 Å². The lowest BCUT2D eigenvalue weighted by molar-refractivity contribution is -0.143. The summed E-state index contributed by atoms with van der Waals surface area (Å²) in [4.78, 5) is 23.7. The molecule has 0 aromatic heterocycles. The van der Waals surface area contributed by atoms with Gasteiger partial charge >= 0.3 is 12.0 Å². The standard InChI is InChI=1S/C15H28N2O3/c1-10(2)9-13(14(18)20-4)17-15(19)16-12-8-6-5-7-11(12)3/h10-13H,5-9H2,1-4H3,(H2,16,17,19)/t11-,12-,13-/m0/s1. The van der Waals surface area contributed by atoms with E-state index in [1.807, 2.05) is 13.8 Å². The molecule has 0 aromatic carbocycles. The first-order valence-electron chi connectivity index (χ1n) is 7.59. The largest absolute Gasteiger partial charge is 0.467 e. The quantitative estimate of drug-likeness (QED) is 0.762. The maximum absolute atomic E-state index is 12.0. The molecule has 1 fully saturated rings. The first-order chi connectivity index (χ1) is 9.43. The highest BCUT2D eigenvalue weighted by Gasteiger charge is 2.26. The van der Waals surface area contributed by atoms with Crippen molar-refractivity contribution in [1.29, 1.82) is 0 Å². The molecule has 5 nitrogen and oxygen atoms in total. The van der Waals surface area contributed by atoms with Crippen molar-refractivity contribution in [3.05, 3.63) is 0 Å². The van der Waals surface area contributed by atoms with Crippen LogP contribution in [0, 0.1) is 11.8 Å². The van der Waals surface area contributed by atoms with Crippen molar-refractivity contribution in [2.45, 2.75) is 65.0 Å². The van der Waals surface area contributed by atoms with Crippen molar-refractivity contribution < 1.29 is 14.3 Å². The van der Waals surface area contributed by atoms with Crippen LogP contribution in [0.25, 0.3) is 0 Å². The zero-order valence-electron chi connectivity index (χ0n) is 13.1. The molecule has 1 aliphatic carbocycles. The molecule has 1 aliphatic rings. The number of carbonyl (C=O) groups excluding carboxylic acids is 2. The van der Waals surface area contributed by atoms with Crippen LogP contribution in [-0.2, 0) is 9.53 Å². The van der Waals surface area contributed by atoms with Gasteiger partial charge in [0.2, 0.25) is 0 Å². The summed E-state index contributed by atoms with van der Waals surface area (Å²) in [5.74, 6) is 0.426. The zero-order chi connectivity index (χ0) is 15.1. The van der Waals surface area contributed by atoms with Gasteiger partial charge in [-0.1, -0.05) is 33.6 Å². The van der Waals surface area contributed by atoms with E-state index in [0.717, 1.165) is 19.3 Å². The lowest BCUT2D eigenvalue weighted by Gasteiger charge is -2.30. The molecule has 2 amide bonds. The second-order valence-corrected chi connectivity index (χ2v) is 6.19. The predicted octanol–water partition coefficient (Wildman–Crippen LogP) is 2.45. The van der Waals surface area contributed by atoms with Gasteiger partial charge in [0, 0.05) is 6.04 Å². The van der Waals surface area contributed by atoms with Gasteiger partial charge in [-0.2, -0.15) is 0 Å². The third-order valence-corrected chi connectivity index (χ3v) is 3.93. The van der Waals surface area contributed by atoms with Gasteiger partial charge in [-0.3, -0.25) is 0 Å². The van der Waals surface area contributed by atoms with Crippen molar-refractivity contribution in [2.24, 2.45) is 11.8 Å². The number of rotatable bonds is 5. The van der Waals surface area contributed by atoms with Crippen LogP contribution in [0.3, 0.4) is 0 Å². The van der Waals surface area contributed by atoms with Crippen LogP contribution in [0.1, 0.15) is 52.9 Å². The number of methoxy groups -OCH3 is 1. The number of amides is 2. The minimum absolute atomic E-state index is 0.209. The molecule has 0 saturated heterocycles. The highest BCUT2D eigenvalue weighted by Crippen LogP contribution is 2.23. The summed E-state index contributed by atoms with van der Waals surface area (Å²) in [6.45, 7) is 6.19. The van der Waals surface area contributed by atoms with Crippen LogP contribution in [0.4, 0.5) is 4.79 Å². The Balaban J connectivity index is 2.50. The van der Waals surface area contributed by atoms with E-state index in [-0.39, 0.29) is 18.0 Å². The fourth-order valence-electron chi connectivity index (χ4n) is 2.73. The monoisotopic (exact) mass is 284 g/mol. The van der Waals surface area contributed by atoms with E-state index in [0.29, 0.717) is 18.3 Å². The highest BCUT2D eigenvalue weighted by atomic mass is 16.5. The van der Waals surface area contributed by atoms with Crippen LogP contribution in [0.2, 0.25) is 0 Å². The summed E-state index contributed by atoms with van der Waals surface area (Å²) in [5, 5.41) is 5.74. The van der Waals surface area contributed by atoms with E-state index in [1.54, 1.807) is 0 Å². The van der Waals surface area contributed by atoms with Crippen molar-refractivity contribution in [1.82, 2.24) is 10.6 Å². The number of hydrogen-bond acceptors (Lipinski definition) is 3.